The van der Waals surface area contributed by atoms with E-state index in [0.717, 1.165) is 12.8 Å². The summed E-state index contributed by atoms with van der Waals surface area (Å²) in [7, 11) is 0. The molecule has 2 atom stereocenters. The van der Waals surface area contributed by atoms with Gasteiger partial charge in [-0.3, -0.25) is 4.90 Å². The van der Waals surface area contributed by atoms with Gasteiger partial charge in [-0.25, -0.2) is 13.6 Å². The van der Waals surface area contributed by atoms with Crippen LogP contribution < -0.4 is 10.5 Å². The average Bonchev–Trinajstić information content (AvgIpc) is 2.93. The van der Waals surface area contributed by atoms with E-state index in [1.54, 1.807) is 20.8 Å². The number of carbonyl (C=O) groups excluding carboxylic acids is 1. The second kappa shape index (κ2) is 8.66. The maximum atomic E-state index is 14.1. The first-order chi connectivity index (χ1) is 12.2. The van der Waals surface area contributed by atoms with Crippen LogP contribution in [0.5, 0.6) is 5.75 Å². The molecule has 0 bridgehead atoms. The molecule has 146 valence electrons. The van der Waals surface area contributed by atoms with Crippen molar-refractivity contribution in [1.82, 2.24) is 4.90 Å². The summed E-state index contributed by atoms with van der Waals surface area (Å²) >= 11 is 0. The molecule has 1 aromatic rings. The number of amides is 1. The molecule has 1 aliphatic rings. The van der Waals surface area contributed by atoms with Crippen LogP contribution in [0.1, 0.15) is 51.6 Å². The summed E-state index contributed by atoms with van der Waals surface area (Å²) in [6.07, 6.45) is -0.139. The number of nitrogens with zero attached hydrogens (tertiary/aromatic N) is 1. The van der Waals surface area contributed by atoms with Crippen molar-refractivity contribution in [3.05, 3.63) is 29.6 Å². The van der Waals surface area contributed by atoms with Gasteiger partial charge < -0.3 is 15.2 Å². The third-order valence-corrected chi connectivity index (χ3v) is 4.06. The first kappa shape index (κ1) is 20.4. The summed E-state index contributed by atoms with van der Waals surface area (Å²) in [5, 5.41) is 0. The van der Waals surface area contributed by atoms with Gasteiger partial charge in [0.05, 0.1) is 19.2 Å². The molecule has 0 aromatic heterocycles. The number of hydrogen-bond acceptors (Lipinski definition) is 4. The van der Waals surface area contributed by atoms with E-state index < -0.39 is 29.7 Å². The third-order valence-electron chi connectivity index (χ3n) is 4.06. The zero-order valence-electron chi connectivity index (χ0n) is 15.6. The predicted molar refractivity (Wildman–Crippen MR) is 95.4 cm³/mol. The van der Waals surface area contributed by atoms with E-state index >= 15 is 0 Å². The molecule has 0 aliphatic carbocycles. The highest BCUT2D eigenvalue weighted by atomic mass is 19.1. The molecular formula is C19H28F2N2O3. The summed E-state index contributed by atoms with van der Waals surface area (Å²) in [6.45, 7) is 6.15. The Kier molecular flexibility index (Phi) is 6.81. The topological polar surface area (TPSA) is 64.8 Å². The first-order valence-electron chi connectivity index (χ1n) is 8.97. The molecule has 1 heterocycles. The number of hydrogen-bond donors (Lipinski definition) is 1. The van der Waals surface area contributed by atoms with Gasteiger partial charge in [-0.05, 0) is 58.4 Å². The molecule has 1 fully saturated rings. The highest BCUT2D eigenvalue weighted by Gasteiger charge is 2.40. The van der Waals surface area contributed by atoms with E-state index in [0.29, 0.717) is 24.5 Å². The Labute approximate surface area is 153 Å². The first-order valence-corrected chi connectivity index (χ1v) is 8.97. The summed E-state index contributed by atoms with van der Waals surface area (Å²) in [6, 6.07) is 3.49. The Morgan fingerprint density at radius 1 is 1.35 bits per heavy atom. The van der Waals surface area contributed by atoms with Crippen molar-refractivity contribution in [3.63, 3.8) is 0 Å². The Bertz CT molecular complexity index is 619. The van der Waals surface area contributed by atoms with Crippen LogP contribution in [-0.2, 0) is 4.74 Å². The van der Waals surface area contributed by atoms with Gasteiger partial charge >= 0.3 is 6.09 Å². The molecule has 1 aliphatic heterocycles. The number of unbranched alkanes of at least 4 members (excludes halogenated alkanes) is 1. The maximum absolute atomic E-state index is 14.1. The summed E-state index contributed by atoms with van der Waals surface area (Å²) in [4.78, 5) is 13.8. The molecule has 2 N–H and O–H groups in total. The molecule has 1 amide bonds. The summed E-state index contributed by atoms with van der Waals surface area (Å²) < 4.78 is 39.1. The van der Waals surface area contributed by atoms with Crippen molar-refractivity contribution in [3.8, 4) is 5.75 Å². The lowest BCUT2D eigenvalue weighted by Crippen LogP contribution is -2.37. The molecule has 0 unspecified atom stereocenters. The van der Waals surface area contributed by atoms with Crippen LogP contribution in [0.25, 0.3) is 0 Å². The molecule has 0 spiro atoms. The van der Waals surface area contributed by atoms with E-state index in [1.807, 2.05) is 0 Å². The van der Waals surface area contributed by atoms with Gasteiger partial charge in [-0.2, -0.15) is 0 Å². The van der Waals surface area contributed by atoms with E-state index in [-0.39, 0.29) is 13.0 Å². The standard InChI is InChI=1S/C19H28F2N2O3/c1-19(2,3)26-18(24)23-12-14(21)11-16(23)15-10-13(20)6-7-17(15)25-9-5-4-8-22/h6-7,10,14,16H,4-5,8-9,11-12,22H2,1-3H3/t14-,16+/m0/s1. The van der Waals surface area contributed by atoms with Crippen LogP contribution >= 0.6 is 0 Å². The van der Waals surface area contributed by atoms with Crippen molar-refractivity contribution in [2.75, 3.05) is 19.7 Å². The zero-order valence-corrected chi connectivity index (χ0v) is 15.6. The van der Waals surface area contributed by atoms with Crippen LogP contribution in [0, 0.1) is 5.82 Å². The maximum Gasteiger partial charge on any atom is 0.410 e. The number of likely N-dealkylation sites (tertiary alicyclic amines) is 1. The Morgan fingerprint density at radius 3 is 2.73 bits per heavy atom. The van der Waals surface area contributed by atoms with Crippen molar-refractivity contribution >= 4 is 6.09 Å². The number of alkyl halides is 1. The number of halogens is 2. The molecule has 1 aromatic carbocycles. The van der Waals surface area contributed by atoms with Crippen molar-refractivity contribution < 1.29 is 23.0 Å². The minimum absolute atomic E-state index is 0.0806. The largest absolute Gasteiger partial charge is 0.493 e. The smallest absolute Gasteiger partial charge is 0.410 e. The highest BCUT2D eigenvalue weighted by molar-refractivity contribution is 5.69. The molecule has 26 heavy (non-hydrogen) atoms. The molecule has 2 rings (SSSR count). The van der Waals surface area contributed by atoms with Crippen molar-refractivity contribution in [2.45, 2.75) is 57.8 Å². The highest BCUT2D eigenvalue weighted by Crippen LogP contribution is 2.39. The quantitative estimate of drug-likeness (QED) is 0.770. The average molecular weight is 370 g/mol. The molecule has 5 nitrogen and oxygen atoms in total. The van der Waals surface area contributed by atoms with Crippen molar-refractivity contribution in [1.29, 1.82) is 0 Å². The number of rotatable bonds is 6. The molecule has 0 saturated carbocycles. The van der Waals surface area contributed by atoms with Crippen LogP contribution in [0.4, 0.5) is 13.6 Å². The van der Waals surface area contributed by atoms with E-state index in [4.69, 9.17) is 15.2 Å². The lowest BCUT2D eigenvalue weighted by atomic mass is 10.0. The molecule has 0 radical (unpaired) electrons. The minimum atomic E-state index is -1.19. The minimum Gasteiger partial charge on any atom is -0.493 e. The number of ether oxygens (including phenoxy) is 2. The van der Waals surface area contributed by atoms with E-state index in [9.17, 15) is 13.6 Å². The van der Waals surface area contributed by atoms with E-state index in [1.165, 1.54) is 23.1 Å². The van der Waals surface area contributed by atoms with Gasteiger partial charge in [0.1, 0.15) is 23.3 Å². The van der Waals surface area contributed by atoms with Crippen LogP contribution in [0.3, 0.4) is 0 Å². The fraction of sp³-hybridized carbons (Fsp3) is 0.632. The van der Waals surface area contributed by atoms with E-state index in [2.05, 4.69) is 0 Å². The number of carbonyl (C=O) groups is 1. The molecular weight excluding hydrogens is 342 g/mol. The third kappa shape index (κ3) is 5.56. The monoisotopic (exact) mass is 370 g/mol. The van der Waals surface area contributed by atoms with Crippen LogP contribution in [-0.4, -0.2) is 42.5 Å². The molecule has 7 heteroatoms. The van der Waals surface area contributed by atoms with Crippen LogP contribution in [0.2, 0.25) is 0 Å². The Balaban J connectivity index is 2.23. The summed E-state index contributed by atoms with van der Waals surface area (Å²) in [5.41, 5.74) is 5.24. The lowest BCUT2D eigenvalue weighted by molar-refractivity contribution is 0.0214. The molecule has 1 saturated heterocycles. The van der Waals surface area contributed by atoms with Gasteiger partial charge in [0.2, 0.25) is 0 Å². The number of nitrogens with two attached hydrogens (primary N) is 1. The Hall–Kier alpha value is -1.89. The van der Waals surface area contributed by atoms with Crippen LogP contribution in [0.15, 0.2) is 18.2 Å². The fourth-order valence-electron chi connectivity index (χ4n) is 2.94. The zero-order chi connectivity index (χ0) is 19.3. The second-order valence-electron chi connectivity index (χ2n) is 7.51. The van der Waals surface area contributed by atoms with Crippen molar-refractivity contribution in [2.24, 2.45) is 5.73 Å². The van der Waals surface area contributed by atoms with Gasteiger partial charge in [-0.1, -0.05) is 0 Å². The normalized spacial score (nSPS) is 20.3. The Morgan fingerprint density at radius 2 is 2.08 bits per heavy atom. The van der Waals surface area contributed by atoms with Gasteiger partial charge in [0.15, 0.2) is 0 Å². The number of benzene rings is 1. The predicted octanol–water partition coefficient (Wildman–Crippen LogP) is 3.96. The van der Waals surface area contributed by atoms with Gasteiger partial charge in [-0.15, -0.1) is 0 Å². The SMILES string of the molecule is CC(C)(C)OC(=O)N1C[C@@H](F)C[C@@H]1c1cc(F)ccc1OCCCCN. The summed E-state index contributed by atoms with van der Waals surface area (Å²) in [5.74, 6) is -0.00293. The fourth-order valence-corrected chi connectivity index (χ4v) is 2.94. The van der Waals surface area contributed by atoms with Gasteiger partial charge in [0.25, 0.3) is 0 Å². The van der Waals surface area contributed by atoms with Gasteiger partial charge in [0, 0.05) is 12.0 Å². The lowest BCUT2D eigenvalue weighted by Gasteiger charge is -2.29. The second-order valence-corrected chi connectivity index (χ2v) is 7.51.